The first-order valence-electron chi connectivity index (χ1n) is 19.4. The standard InChI is InChI=1S/C41H55N11O7/c1-28(50-59-25-30-7-5-9-32(21-30)40(55)46-16-4-3-11-36(38(43)53)48-27-42)31-8-6-10-33(23-31)41(56)47-17-19-57-20-18-52-24-34(49-51-52)26-58-35-14-12-29(13-15-35)22-37(45-2)39(44)54/h5-10,12-15,21,23-24,36-37,45,48H,3-4,11,16-20,22,25-27,42H2,1-2H3,(H2,43,53)(H2,44,54)(H,46,55)(H,47,56)/b50-28+/t36-,37-/m0/s1. The van der Waals surface area contributed by atoms with E-state index in [0.29, 0.717) is 86.8 Å². The van der Waals surface area contributed by atoms with Crippen LogP contribution in [0.5, 0.6) is 5.75 Å². The van der Waals surface area contributed by atoms with Crippen molar-refractivity contribution in [2.45, 2.75) is 64.4 Å². The topological polar surface area (TPSA) is 265 Å². The number of hydrogen-bond donors (Lipinski definition) is 7. The highest BCUT2D eigenvalue weighted by Gasteiger charge is 2.15. The van der Waals surface area contributed by atoms with Crippen LogP contribution < -0.4 is 43.2 Å². The second kappa shape index (κ2) is 24.5. The number of oxime groups is 1. The highest BCUT2D eigenvalue weighted by atomic mass is 16.6. The summed E-state index contributed by atoms with van der Waals surface area (Å²) in [6, 6.07) is 20.7. The number of rotatable bonds is 27. The molecule has 3 aromatic carbocycles. The molecule has 59 heavy (non-hydrogen) atoms. The Morgan fingerprint density at radius 2 is 1.51 bits per heavy atom. The maximum absolute atomic E-state index is 12.8. The molecule has 1 aromatic heterocycles. The third-order valence-electron chi connectivity index (χ3n) is 9.10. The highest BCUT2D eigenvalue weighted by Crippen LogP contribution is 2.15. The number of aromatic nitrogens is 3. The molecule has 316 valence electrons. The van der Waals surface area contributed by atoms with Crippen LogP contribution in [0.3, 0.4) is 0 Å². The molecule has 1 heterocycles. The molecule has 0 saturated carbocycles. The predicted octanol–water partition coefficient (Wildman–Crippen LogP) is 1.12. The number of amides is 4. The Hall–Kier alpha value is -6.21. The number of likely N-dealkylation sites (N-methyl/N-ethyl adjacent to an activating group) is 1. The third-order valence-corrected chi connectivity index (χ3v) is 9.10. The van der Waals surface area contributed by atoms with E-state index in [2.05, 4.69) is 36.7 Å². The number of nitrogens with two attached hydrogens (primary N) is 3. The van der Waals surface area contributed by atoms with Crippen molar-refractivity contribution >= 4 is 29.3 Å². The van der Waals surface area contributed by atoms with Crippen LogP contribution in [0.4, 0.5) is 0 Å². The summed E-state index contributed by atoms with van der Waals surface area (Å²) in [7, 11) is 1.70. The normalized spacial score (nSPS) is 12.4. The molecule has 18 nitrogen and oxygen atoms in total. The Labute approximate surface area is 343 Å². The van der Waals surface area contributed by atoms with Crippen molar-refractivity contribution in [1.29, 1.82) is 0 Å². The zero-order valence-corrected chi connectivity index (χ0v) is 33.5. The molecule has 0 aliphatic rings. The van der Waals surface area contributed by atoms with Crippen molar-refractivity contribution in [3.8, 4) is 5.75 Å². The summed E-state index contributed by atoms with van der Waals surface area (Å²) in [5, 5.41) is 24.0. The van der Waals surface area contributed by atoms with E-state index in [0.717, 1.165) is 16.7 Å². The van der Waals surface area contributed by atoms with E-state index in [1.165, 1.54) is 0 Å². The van der Waals surface area contributed by atoms with E-state index >= 15 is 0 Å². The van der Waals surface area contributed by atoms with Gasteiger partial charge in [0.05, 0.1) is 43.8 Å². The Morgan fingerprint density at radius 3 is 2.22 bits per heavy atom. The summed E-state index contributed by atoms with van der Waals surface area (Å²) < 4.78 is 13.2. The largest absolute Gasteiger partial charge is 0.487 e. The third kappa shape index (κ3) is 15.9. The maximum atomic E-state index is 12.8. The SMILES string of the molecule is CN[C@@H](Cc1ccc(OCc2cn(CCOCCNC(=O)c3cccc(/C(C)=N/OCc4cccc(C(=O)NCCCC[C@H](NCN)C(N)=O)c4)c3)nn2)cc1)C(N)=O. The fraction of sp³-hybridized carbons (Fsp3) is 0.390. The first-order valence-corrected chi connectivity index (χ1v) is 19.4. The lowest BCUT2D eigenvalue weighted by atomic mass is 10.1. The number of benzene rings is 3. The average Bonchev–Trinajstić information content (AvgIpc) is 3.70. The molecule has 0 aliphatic heterocycles. The van der Waals surface area contributed by atoms with E-state index in [4.69, 9.17) is 31.5 Å². The second-order valence-corrected chi connectivity index (χ2v) is 13.6. The van der Waals surface area contributed by atoms with Gasteiger partial charge < -0.3 is 47.5 Å². The van der Waals surface area contributed by atoms with Gasteiger partial charge >= 0.3 is 0 Å². The Morgan fingerprint density at radius 1 is 0.814 bits per heavy atom. The van der Waals surface area contributed by atoms with Crippen LogP contribution in [-0.4, -0.2) is 96.4 Å². The molecule has 18 heteroatoms. The molecule has 0 aliphatic carbocycles. The quantitative estimate of drug-likeness (QED) is 0.0193. The van der Waals surface area contributed by atoms with Gasteiger partial charge in [0.15, 0.2) is 0 Å². The molecule has 4 aromatic rings. The monoisotopic (exact) mass is 813 g/mol. The molecule has 4 rings (SSSR count). The van der Waals surface area contributed by atoms with Crippen LogP contribution in [0.15, 0.2) is 84.1 Å². The minimum absolute atomic E-state index is 0.142. The zero-order chi connectivity index (χ0) is 42.4. The van der Waals surface area contributed by atoms with Crippen LogP contribution in [0.25, 0.3) is 0 Å². The van der Waals surface area contributed by atoms with Crippen molar-refractivity contribution in [3.05, 3.63) is 113 Å². The van der Waals surface area contributed by atoms with Crippen LogP contribution in [0.1, 0.15) is 69.3 Å². The smallest absolute Gasteiger partial charge is 0.251 e. The van der Waals surface area contributed by atoms with Gasteiger partial charge in [-0.2, -0.15) is 0 Å². The Kier molecular flexibility index (Phi) is 18.9. The van der Waals surface area contributed by atoms with Crippen molar-refractivity contribution in [2.24, 2.45) is 22.4 Å². The van der Waals surface area contributed by atoms with Gasteiger partial charge in [-0.1, -0.05) is 46.8 Å². The van der Waals surface area contributed by atoms with E-state index < -0.39 is 23.9 Å². The van der Waals surface area contributed by atoms with Crippen molar-refractivity contribution in [1.82, 2.24) is 36.3 Å². The zero-order valence-electron chi connectivity index (χ0n) is 33.5. The molecule has 0 radical (unpaired) electrons. The lowest BCUT2D eigenvalue weighted by molar-refractivity contribution is -0.120. The molecule has 4 amide bonds. The van der Waals surface area contributed by atoms with Gasteiger partial charge in [-0.3, -0.25) is 24.5 Å². The number of unbranched alkanes of at least 4 members (excludes halogenated alkanes) is 1. The summed E-state index contributed by atoms with van der Waals surface area (Å²) in [4.78, 5) is 54.0. The van der Waals surface area contributed by atoms with Gasteiger partial charge in [0.1, 0.15) is 24.7 Å². The number of ether oxygens (including phenoxy) is 2. The summed E-state index contributed by atoms with van der Waals surface area (Å²) in [6.07, 6.45) is 4.19. The fourth-order valence-corrected chi connectivity index (χ4v) is 5.78. The maximum Gasteiger partial charge on any atom is 0.251 e. The van der Waals surface area contributed by atoms with Crippen molar-refractivity contribution in [3.63, 3.8) is 0 Å². The second-order valence-electron chi connectivity index (χ2n) is 13.6. The number of carbonyl (C=O) groups is 4. The first kappa shape index (κ1) is 45.5. The lowest BCUT2D eigenvalue weighted by Crippen LogP contribution is -2.43. The first-order chi connectivity index (χ1) is 28.6. The summed E-state index contributed by atoms with van der Waals surface area (Å²) >= 11 is 0. The van der Waals surface area contributed by atoms with Gasteiger partial charge in [0, 0.05) is 30.9 Å². The molecule has 0 spiro atoms. The summed E-state index contributed by atoms with van der Waals surface area (Å²) in [5.74, 6) is -0.653. The number of nitrogens with zero attached hydrogens (tertiary/aromatic N) is 4. The van der Waals surface area contributed by atoms with Crippen LogP contribution >= 0.6 is 0 Å². The number of hydrogen-bond acceptors (Lipinski definition) is 13. The van der Waals surface area contributed by atoms with E-state index in [9.17, 15) is 19.2 Å². The van der Waals surface area contributed by atoms with Crippen LogP contribution in [-0.2, 0) is 45.3 Å². The fourth-order valence-electron chi connectivity index (χ4n) is 5.78. The van der Waals surface area contributed by atoms with E-state index in [1.807, 2.05) is 36.4 Å². The van der Waals surface area contributed by atoms with Crippen molar-refractivity contribution < 1.29 is 33.5 Å². The van der Waals surface area contributed by atoms with Crippen LogP contribution in [0.2, 0.25) is 0 Å². The van der Waals surface area contributed by atoms with E-state index in [1.54, 1.807) is 61.2 Å². The molecule has 0 fully saturated rings. The highest BCUT2D eigenvalue weighted by molar-refractivity contribution is 6.02. The van der Waals surface area contributed by atoms with Gasteiger partial charge in [-0.15, -0.1) is 5.10 Å². The average molecular weight is 814 g/mol. The summed E-state index contributed by atoms with van der Waals surface area (Å²) in [5.41, 5.74) is 20.8. The molecular formula is C41H55N11O7. The molecule has 0 saturated heterocycles. The molecular weight excluding hydrogens is 759 g/mol. The van der Waals surface area contributed by atoms with Gasteiger partial charge in [-0.25, -0.2) is 4.68 Å². The minimum Gasteiger partial charge on any atom is -0.487 e. The summed E-state index contributed by atoms with van der Waals surface area (Å²) in [6.45, 7) is 4.25. The number of primary amides is 2. The molecule has 0 unspecified atom stereocenters. The van der Waals surface area contributed by atoms with Gasteiger partial charge in [-0.05, 0) is 92.7 Å². The number of carbonyl (C=O) groups excluding carboxylic acids is 4. The molecule has 2 atom stereocenters. The predicted molar refractivity (Wildman–Crippen MR) is 221 cm³/mol. The lowest BCUT2D eigenvalue weighted by Gasteiger charge is -2.13. The molecule has 10 N–H and O–H groups in total. The molecule has 0 bridgehead atoms. The van der Waals surface area contributed by atoms with Gasteiger partial charge in [0.25, 0.3) is 11.8 Å². The van der Waals surface area contributed by atoms with Gasteiger partial charge in [0.2, 0.25) is 11.8 Å². The van der Waals surface area contributed by atoms with Crippen LogP contribution in [0, 0.1) is 0 Å². The Balaban J connectivity index is 1.11. The van der Waals surface area contributed by atoms with Crippen molar-refractivity contribution in [2.75, 3.05) is 40.0 Å². The number of nitrogens with one attached hydrogen (secondary N) is 4. The minimum atomic E-state index is -0.485. The van der Waals surface area contributed by atoms with E-state index in [-0.39, 0.29) is 31.7 Å². The Bertz CT molecular complexity index is 1990.